The summed E-state index contributed by atoms with van der Waals surface area (Å²) in [6.07, 6.45) is 1.14. The molecule has 2 aromatic rings. The fourth-order valence-corrected chi connectivity index (χ4v) is 2.81. The molecule has 1 heterocycles. The SMILES string of the molecule is COc1cccc(NS(=O)(=O)c2cnc(Cl)c(Cl)c2)c1. The van der Waals surface area contributed by atoms with Crippen LogP contribution in [0.3, 0.4) is 0 Å². The van der Waals surface area contributed by atoms with E-state index in [4.69, 9.17) is 27.9 Å². The molecule has 106 valence electrons. The molecule has 0 spiro atoms. The lowest BCUT2D eigenvalue weighted by Gasteiger charge is -2.09. The van der Waals surface area contributed by atoms with E-state index >= 15 is 0 Å². The maximum Gasteiger partial charge on any atom is 0.263 e. The Morgan fingerprint density at radius 2 is 2.00 bits per heavy atom. The van der Waals surface area contributed by atoms with Gasteiger partial charge in [0.2, 0.25) is 0 Å². The quantitative estimate of drug-likeness (QED) is 0.873. The summed E-state index contributed by atoms with van der Waals surface area (Å²) in [5.41, 5.74) is 0.371. The Balaban J connectivity index is 2.32. The first-order valence-corrected chi connectivity index (χ1v) is 7.64. The van der Waals surface area contributed by atoms with Gasteiger partial charge in [0.1, 0.15) is 15.8 Å². The molecule has 0 radical (unpaired) electrons. The summed E-state index contributed by atoms with van der Waals surface area (Å²) in [4.78, 5) is 3.64. The van der Waals surface area contributed by atoms with Crippen molar-refractivity contribution >= 4 is 38.9 Å². The van der Waals surface area contributed by atoms with Crippen molar-refractivity contribution in [1.29, 1.82) is 0 Å². The number of ether oxygens (including phenoxy) is 1. The van der Waals surface area contributed by atoms with Crippen molar-refractivity contribution in [2.45, 2.75) is 4.90 Å². The van der Waals surface area contributed by atoms with Crippen LogP contribution in [0.4, 0.5) is 5.69 Å². The van der Waals surface area contributed by atoms with Crippen molar-refractivity contribution in [3.8, 4) is 5.75 Å². The first-order valence-electron chi connectivity index (χ1n) is 5.40. The summed E-state index contributed by atoms with van der Waals surface area (Å²) in [6.45, 7) is 0. The molecule has 5 nitrogen and oxygen atoms in total. The van der Waals surface area contributed by atoms with Gasteiger partial charge in [-0.25, -0.2) is 13.4 Å². The number of aromatic nitrogens is 1. The Labute approximate surface area is 126 Å². The number of pyridine rings is 1. The van der Waals surface area contributed by atoms with Gasteiger partial charge in [0.05, 0.1) is 17.8 Å². The zero-order chi connectivity index (χ0) is 14.8. The molecule has 1 N–H and O–H groups in total. The summed E-state index contributed by atoms with van der Waals surface area (Å²) in [5, 5.41) is 0.118. The maximum atomic E-state index is 12.2. The molecule has 1 aromatic carbocycles. The minimum atomic E-state index is -3.79. The smallest absolute Gasteiger partial charge is 0.263 e. The molecule has 0 saturated carbocycles. The third-order valence-electron chi connectivity index (χ3n) is 2.40. The zero-order valence-corrected chi connectivity index (χ0v) is 12.6. The van der Waals surface area contributed by atoms with Gasteiger partial charge in [-0.3, -0.25) is 4.72 Å². The molecule has 8 heteroatoms. The van der Waals surface area contributed by atoms with Gasteiger partial charge in [0.25, 0.3) is 10.0 Å². The molecular weight excluding hydrogens is 323 g/mol. The van der Waals surface area contributed by atoms with Crippen LogP contribution in [-0.4, -0.2) is 20.5 Å². The van der Waals surface area contributed by atoms with Crippen LogP contribution in [0.1, 0.15) is 0 Å². The predicted octanol–water partition coefficient (Wildman–Crippen LogP) is 3.20. The van der Waals surface area contributed by atoms with E-state index in [1.54, 1.807) is 24.3 Å². The van der Waals surface area contributed by atoms with Crippen LogP contribution < -0.4 is 9.46 Å². The molecular formula is C12H10Cl2N2O3S. The summed E-state index contributed by atoms with van der Waals surface area (Å²) in [7, 11) is -2.29. The molecule has 0 aliphatic carbocycles. The Kier molecular flexibility index (Phi) is 4.37. The third kappa shape index (κ3) is 3.33. The van der Waals surface area contributed by atoms with Crippen LogP contribution in [0, 0.1) is 0 Å². The zero-order valence-electron chi connectivity index (χ0n) is 10.3. The highest BCUT2D eigenvalue weighted by molar-refractivity contribution is 7.92. The van der Waals surface area contributed by atoms with E-state index in [1.807, 2.05) is 0 Å². The number of sulfonamides is 1. The van der Waals surface area contributed by atoms with E-state index in [0.29, 0.717) is 11.4 Å². The van der Waals surface area contributed by atoms with Crippen molar-refractivity contribution in [2.75, 3.05) is 11.8 Å². The summed E-state index contributed by atoms with van der Waals surface area (Å²) >= 11 is 11.4. The lowest BCUT2D eigenvalue weighted by atomic mass is 10.3. The molecule has 0 unspecified atom stereocenters. The maximum absolute atomic E-state index is 12.2. The van der Waals surface area contributed by atoms with Crippen molar-refractivity contribution in [1.82, 2.24) is 4.98 Å². The summed E-state index contributed by atoms with van der Waals surface area (Å²) in [6, 6.07) is 7.77. The minimum Gasteiger partial charge on any atom is -0.497 e. The number of hydrogen-bond acceptors (Lipinski definition) is 4. The number of benzene rings is 1. The molecule has 2 rings (SSSR count). The van der Waals surface area contributed by atoms with E-state index in [1.165, 1.54) is 13.2 Å². The number of halogens is 2. The van der Waals surface area contributed by atoms with E-state index in [2.05, 4.69) is 9.71 Å². The van der Waals surface area contributed by atoms with Crippen molar-refractivity contribution in [3.63, 3.8) is 0 Å². The highest BCUT2D eigenvalue weighted by atomic mass is 35.5. The fourth-order valence-electron chi connectivity index (χ4n) is 1.45. The van der Waals surface area contributed by atoms with Gasteiger partial charge in [-0.05, 0) is 18.2 Å². The Morgan fingerprint density at radius 1 is 1.25 bits per heavy atom. The average Bonchev–Trinajstić information content (AvgIpc) is 2.41. The van der Waals surface area contributed by atoms with Crippen LogP contribution >= 0.6 is 23.2 Å². The van der Waals surface area contributed by atoms with Crippen LogP contribution in [-0.2, 0) is 10.0 Å². The first-order chi connectivity index (χ1) is 9.42. The van der Waals surface area contributed by atoms with Crippen LogP contribution in [0.15, 0.2) is 41.4 Å². The Bertz CT molecular complexity index is 735. The van der Waals surface area contributed by atoms with E-state index in [0.717, 1.165) is 6.20 Å². The molecule has 0 aliphatic heterocycles. The van der Waals surface area contributed by atoms with Gasteiger partial charge in [-0.15, -0.1) is 0 Å². The largest absolute Gasteiger partial charge is 0.497 e. The normalized spacial score (nSPS) is 11.2. The second kappa shape index (κ2) is 5.87. The van der Waals surface area contributed by atoms with Crippen molar-refractivity contribution in [3.05, 3.63) is 46.7 Å². The van der Waals surface area contributed by atoms with Crippen LogP contribution in [0.2, 0.25) is 10.2 Å². The highest BCUT2D eigenvalue weighted by Crippen LogP contribution is 2.24. The van der Waals surface area contributed by atoms with E-state index < -0.39 is 10.0 Å². The predicted molar refractivity (Wildman–Crippen MR) is 78.1 cm³/mol. The van der Waals surface area contributed by atoms with Crippen molar-refractivity contribution < 1.29 is 13.2 Å². The second-order valence-corrected chi connectivity index (χ2v) is 6.23. The van der Waals surface area contributed by atoms with Gasteiger partial charge in [-0.2, -0.15) is 0 Å². The summed E-state index contributed by atoms with van der Waals surface area (Å²) in [5.74, 6) is 0.539. The lowest BCUT2D eigenvalue weighted by molar-refractivity contribution is 0.415. The molecule has 20 heavy (non-hydrogen) atoms. The second-order valence-electron chi connectivity index (χ2n) is 3.78. The fraction of sp³-hybridized carbons (Fsp3) is 0.0833. The van der Waals surface area contributed by atoms with Crippen LogP contribution in [0.25, 0.3) is 0 Å². The Hall–Kier alpha value is -1.50. The molecule has 0 bridgehead atoms. The van der Waals surface area contributed by atoms with Crippen molar-refractivity contribution in [2.24, 2.45) is 0 Å². The number of anilines is 1. The van der Waals surface area contributed by atoms with Crippen LogP contribution in [0.5, 0.6) is 5.75 Å². The summed E-state index contributed by atoms with van der Waals surface area (Å²) < 4.78 is 31.8. The standard InChI is InChI=1S/C12H10Cl2N2O3S/c1-19-9-4-2-3-8(5-9)16-20(17,18)10-6-11(13)12(14)15-7-10/h2-7,16H,1H3. The number of rotatable bonds is 4. The van der Waals surface area contributed by atoms with Gasteiger partial charge < -0.3 is 4.74 Å². The number of methoxy groups -OCH3 is 1. The number of nitrogens with zero attached hydrogens (tertiary/aromatic N) is 1. The van der Waals surface area contributed by atoms with Gasteiger partial charge in [-0.1, -0.05) is 29.3 Å². The molecule has 0 fully saturated rings. The molecule has 0 amide bonds. The minimum absolute atomic E-state index is 0.0481. The highest BCUT2D eigenvalue weighted by Gasteiger charge is 2.16. The average molecular weight is 333 g/mol. The lowest BCUT2D eigenvalue weighted by Crippen LogP contribution is -2.13. The third-order valence-corrected chi connectivity index (χ3v) is 4.44. The molecule has 0 aliphatic rings. The van der Waals surface area contributed by atoms with E-state index in [9.17, 15) is 8.42 Å². The van der Waals surface area contributed by atoms with Gasteiger partial charge in [0.15, 0.2) is 0 Å². The number of nitrogens with one attached hydrogen (secondary N) is 1. The van der Waals surface area contributed by atoms with E-state index in [-0.39, 0.29) is 15.1 Å². The van der Waals surface area contributed by atoms with Gasteiger partial charge >= 0.3 is 0 Å². The first kappa shape index (κ1) is 14.9. The molecule has 0 saturated heterocycles. The number of hydrogen-bond donors (Lipinski definition) is 1. The topological polar surface area (TPSA) is 68.3 Å². The Morgan fingerprint density at radius 3 is 2.65 bits per heavy atom. The molecule has 1 aromatic heterocycles. The molecule has 0 atom stereocenters. The monoisotopic (exact) mass is 332 g/mol. The van der Waals surface area contributed by atoms with Gasteiger partial charge in [0, 0.05) is 12.3 Å².